The fourth-order valence-corrected chi connectivity index (χ4v) is 3.23. The van der Waals surface area contributed by atoms with E-state index in [1.165, 1.54) is 0 Å². The van der Waals surface area contributed by atoms with Crippen LogP contribution in [0.3, 0.4) is 0 Å². The van der Waals surface area contributed by atoms with Crippen LogP contribution in [0.15, 0.2) is 17.0 Å². The normalized spacial score (nSPS) is 11.5. The molecule has 3 N–H and O–H groups in total. The monoisotopic (exact) mass is 351 g/mol. The maximum absolute atomic E-state index is 12.1. The summed E-state index contributed by atoms with van der Waals surface area (Å²) < 4.78 is 26.4. The molecule has 0 aliphatic rings. The van der Waals surface area contributed by atoms with Crippen molar-refractivity contribution < 1.29 is 18.3 Å². The van der Waals surface area contributed by atoms with Crippen molar-refractivity contribution in [3.05, 3.63) is 33.6 Å². The number of hydrogen-bond acceptors (Lipinski definition) is 6. The minimum atomic E-state index is -4.07. The highest BCUT2D eigenvalue weighted by molar-refractivity contribution is 7.89. The number of aromatic amines is 1. The van der Waals surface area contributed by atoms with Gasteiger partial charge >= 0.3 is 5.97 Å². The molecule has 1 aromatic heterocycles. The molecule has 112 valence electrons. The van der Waals surface area contributed by atoms with Crippen molar-refractivity contribution in [1.82, 2.24) is 25.3 Å². The average molecular weight is 352 g/mol. The standard InChI is InChI=1S/C9H7Cl2N5O4S/c10-5-2-6(11)7(1-4(5)9(17)18)21(19,20)12-3-8-13-15-16-14-8/h1-2,12H,3H2,(H,17,18)(H,13,14,15,16). The molecule has 0 spiro atoms. The van der Waals surface area contributed by atoms with Crippen LogP contribution in [-0.4, -0.2) is 40.1 Å². The van der Waals surface area contributed by atoms with Gasteiger partial charge in [-0.05, 0) is 12.1 Å². The molecule has 0 aliphatic heterocycles. The summed E-state index contributed by atoms with van der Waals surface area (Å²) in [5.74, 6) is -1.26. The topological polar surface area (TPSA) is 138 Å². The number of aromatic carboxylic acids is 1. The Bertz CT molecular complexity index is 778. The zero-order valence-electron chi connectivity index (χ0n) is 10.0. The molecule has 0 saturated carbocycles. The lowest BCUT2D eigenvalue weighted by Gasteiger charge is -2.09. The Morgan fingerprint density at radius 3 is 2.62 bits per heavy atom. The molecular formula is C9H7Cl2N5O4S. The van der Waals surface area contributed by atoms with Gasteiger partial charge in [0.05, 0.1) is 22.2 Å². The summed E-state index contributed by atoms with van der Waals surface area (Å²) in [7, 11) is -4.07. The molecule has 0 radical (unpaired) electrons. The number of carbonyl (C=O) groups is 1. The second-order valence-electron chi connectivity index (χ2n) is 3.72. The zero-order chi connectivity index (χ0) is 15.6. The highest BCUT2D eigenvalue weighted by atomic mass is 35.5. The molecule has 21 heavy (non-hydrogen) atoms. The summed E-state index contributed by atoms with van der Waals surface area (Å²) in [6.45, 7) is -0.236. The summed E-state index contributed by atoms with van der Waals surface area (Å²) in [6, 6.07) is 1.93. The number of nitrogens with zero attached hydrogens (tertiary/aromatic N) is 3. The molecule has 1 heterocycles. The quantitative estimate of drug-likeness (QED) is 0.719. The summed E-state index contributed by atoms with van der Waals surface area (Å²) in [6.07, 6.45) is 0. The molecule has 2 rings (SSSR count). The lowest BCUT2D eigenvalue weighted by atomic mass is 10.2. The number of nitrogens with one attached hydrogen (secondary N) is 2. The molecule has 0 saturated heterocycles. The third kappa shape index (κ3) is 3.47. The molecule has 0 fully saturated rings. The van der Waals surface area contributed by atoms with Gasteiger partial charge in [0.15, 0.2) is 5.82 Å². The van der Waals surface area contributed by atoms with Crippen molar-refractivity contribution in [3.8, 4) is 0 Å². The van der Waals surface area contributed by atoms with Crippen LogP contribution in [0.25, 0.3) is 0 Å². The van der Waals surface area contributed by atoms with Crippen molar-refractivity contribution >= 4 is 39.2 Å². The predicted molar refractivity (Wildman–Crippen MR) is 71.6 cm³/mol. The van der Waals surface area contributed by atoms with Crippen molar-refractivity contribution in [1.29, 1.82) is 0 Å². The van der Waals surface area contributed by atoms with E-state index in [4.69, 9.17) is 28.3 Å². The van der Waals surface area contributed by atoms with Crippen molar-refractivity contribution in [2.75, 3.05) is 0 Å². The Balaban J connectivity index is 2.35. The van der Waals surface area contributed by atoms with E-state index in [9.17, 15) is 13.2 Å². The van der Waals surface area contributed by atoms with Crippen LogP contribution in [0, 0.1) is 0 Å². The number of carboxylic acid groups (broad SMARTS) is 1. The minimum absolute atomic E-state index is 0.113. The minimum Gasteiger partial charge on any atom is -0.478 e. The first kappa shape index (κ1) is 15.6. The van der Waals surface area contributed by atoms with Gasteiger partial charge in [0.2, 0.25) is 10.0 Å². The molecule has 2 aromatic rings. The second-order valence-corrected chi connectivity index (χ2v) is 6.27. The fourth-order valence-electron chi connectivity index (χ4n) is 1.39. The third-order valence-corrected chi connectivity index (χ3v) is 4.53. The molecular weight excluding hydrogens is 345 g/mol. The number of hydrogen-bond donors (Lipinski definition) is 3. The summed E-state index contributed by atoms with van der Waals surface area (Å²) >= 11 is 11.5. The van der Waals surface area contributed by atoms with Crippen LogP contribution < -0.4 is 4.72 Å². The molecule has 0 amide bonds. The van der Waals surface area contributed by atoms with E-state index in [0.717, 1.165) is 12.1 Å². The van der Waals surface area contributed by atoms with Crippen molar-refractivity contribution in [2.24, 2.45) is 0 Å². The Morgan fingerprint density at radius 1 is 1.33 bits per heavy atom. The number of aromatic nitrogens is 4. The van der Waals surface area contributed by atoms with Gasteiger partial charge in [0, 0.05) is 0 Å². The fraction of sp³-hybridized carbons (Fsp3) is 0.111. The first-order valence-electron chi connectivity index (χ1n) is 5.25. The smallest absolute Gasteiger partial charge is 0.337 e. The molecule has 0 aliphatic carbocycles. The van der Waals surface area contributed by atoms with Gasteiger partial charge in [-0.3, -0.25) is 0 Å². The van der Waals surface area contributed by atoms with Gasteiger partial charge in [-0.25, -0.2) is 17.9 Å². The highest BCUT2D eigenvalue weighted by Gasteiger charge is 2.22. The van der Waals surface area contributed by atoms with E-state index in [2.05, 4.69) is 25.3 Å². The summed E-state index contributed by atoms with van der Waals surface area (Å²) in [4.78, 5) is 10.6. The van der Waals surface area contributed by atoms with Crippen LogP contribution in [0.1, 0.15) is 16.2 Å². The second kappa shape index (κ2) is 5.93. The van der Waals surface area contributed by atoms with E-state index in [0.29, 0.717) is 0 Å². The number of H-pyrrole nitrogens is 1. The number of benzene rings is 1. The number of carboxylic acids is 1. The lowest BCUT2D eigenvalue weighted by molar-refractivity contribution is 0.0697. The highest BCUT2D eigenvalue weighted by Crippen LogP contribution is 2.28. The molecule has 9 nitrogen and oxygen atoms in total. The Hall–Kier alpha value is -1.75. The zero-order valence-corrected chi connectivity index (χ0v) is 12.4. The molecule has 1 aromatic carbocycles. The van der Waals surface area contributed by atoms with E-state index in [1.807, 2.05) is 0 Å². The number of halogens is 2. The van der Waals surface area contributed by atoms with Crippen LogP contribution in [0.5, 0.6) is 0 Å². The maximum atomic E-state index is 12.1. The van der Waals surface area contributed by atoms with Gasteiger partial charge < -0.3 is 5.11 Å². The van der Waals surface area contributed by atoms with Crippen LogP contribution in [0.4, 0.5) is 0 Å². The molecule has 12 heteroatoms. The van der Waals surface area contributed by atoms with Crippen molar-refractivity contribution in [3.63, 3.8) is 0 Å². The number of rotatable bonds is 5. The first-order valence-corrected chi connectivity index (χ1v) is 7.49. The van der Waals surface area contributed by atoms with Crippen molar-refractivity contribution in [2.45, 2.75) is 11.4 Å². The maximum Gasteiger partial charge on any atom is 0.337 e. The SMILES string of the molecule is O=C(O)c1cc(S(=O)(=O)NCc2nn[nH]n2)c(Cl)cc1Cl. The van der Waals surface area contributed by atoms with Gasteiger partial charge in [-0.1, -0.05) is 28.4 Å². The lowest BCUT2D eigenvalue weighted by Crippen LogP contribution is -2.24. The van der Waals surface area contributed by atoms with E-state index < -0.39 is 20.9 Å². The van der Waals surface area contributed by atoms with E-state index >= 15 is 0 Å². The third-order valence-electron chi connectivity index (χ3n) is 2.35. The van der Waals surface area contributed by atoms with Crippen LogP contribution >= 0.6 is 23.2 Å². The van der Waals surface area contributed by atoms with E-state index in [-0.39, 0.29) is 28.0 Å². The van der Waals surface area contributed by atoms with E-state index in [1.54, 1.807) is 0 Å². The van der Waals surface area contributed by atoms with Gasteiger partial charge in [-0.15, -0.1) is 10.2 Å². The Morgan fingerprint density at radius 2 is 2.05 bits per heavy atom. The largest absolute Gasteiger partial charge is 0.478 e. The Labute approximate surface area is 128 Å². The first-order chi connectivity index (χ1) is 9.81. The molecule has 0 unspecified atom stereocenters. The van der Waals surface area contributed by atoms with Crippen LogP contribution in [-0.2, 0) is 16.6 Å². The van der Waals surface area contributed by atoms with Gasteiger partial charge in [0.1, 0.15) is 4.90 Å². The molecule has 0 bridgehead atoms. The van der Waals surface area contributed by atoms with Gasteiger partial charge in [0.25, 0.3) is 0 Å². The Kier molecular flexibility index (Phi) is 4.42. The average Bonchev–Trinajstić information content (AvgIpc) is 2.88. The predicted octanol–water partition coefficient (Wildman–Crippen LogP) is 0.683. The van der Waals surface area contributed by atoms with Crippen LogP contribution in [0.2, 0.25) is 10.0 Å². The van der Waals surface area contributed by atoms with Gasteiger partial charge in [-0.2, -0.15) is 5.21 Å². The summed E-state index contributed by atoms with van der Waals surface area (Å²) in [5.41, 5.74) is -0.374. The molecule has 0 atom stereocenters. The summed E-state index contributed by atoms with van der Waals surface area (Å²) in [5, 5.41) is 21.2. The number of sulfonamides is 1. The number of tetrazole rings is 1.